The normalized spacial score (nSPS) is 10.3. The first-order valence-corrected chi connectivity index (χ1v) is 9.12. The van der Waals surface area contributed by atoms with Gasteiger partial charge in [0.25, 0.3) is 0 Å². The van der Waals surface area contributed by atoms with Crippen LogP contribution in [-0.4, -0.2) is 22.5 Å². The van der Waals surface area contributed by atoms with Gasteiger partial charge in [0.05, 0.1) is 6.61 Å². The van der Waals surface area contributed by atoms with Gasteiger partial charge in [-0.15, -0.1) is 0 Å². The molecule has 0 bridgehead atoms. The third kappa shape index (κ3) is 6.67. The minimum Gasteiger partial charge on any atom is -0.463 e. The highest BCUT2D eigenvalue weighted by molar-refractivity contribution is 5.83. The number of unbranched alkanes of at least 4 members (excludes halogenated alkanes) is 5. The Labute approximate surface area is 155 Å². The molecule has 5 heteroatoms. The molecule has 2 aromatic rings. The molecule has 0 N–H and O–H groups in total. The smallest absolute Gasteiger partial charge is 0.335 e. The Hall–Kier alpha value is -2.69. The lowest BCUT2D eigenvalue weighted by Gasteiger charge is -2.06. The van der Waals surface area contributed by atoms with Crippen molar-refractivity contribution in [3.05, 3.63) is 49.3 Å². The number of hydrogen-bond donors (Lipinski definition) is 0. The van der Waals surface area contributed by atoms with Gasteiger partial charge in [0.2, 0.25) is 0 Å². The summed E-state index contributed by atoms with van der Waals surface area (Å²) in [7, 11) is 0. The van der Waals surface area contributed by atoms with Crippen LogP contribution in [-0.2, 0) is 4.79 Å². The second kappa shape index (κ2) is 11.0. The fourth-order valence-corrected chi connectivity index (χ4v) is 2.46. The molecule has 0 aliphatic rings. The molecule has 5 nitrogen and oxygen atoms in total. The second-order valence-electron chi connectivity index (χ2n) is 6.02. The summed E-state index contributed by atoms with van der Waals surface area (Å²) in [4.78, 5) is 19.7. The zero-order valence-corrected chi connectivity index (χ0v) is 15.3. The van der Waals surface area contributed by atoms with E-state index in [4.69, 9.17) is 9.47 Å². The fourth-order valence-electron chi connectivity index (χ4n) is 2.46. The van der Waals surface area contributed by atoms with E-state index in [9.17, 15) is 4.79 Å². The minimum atomic E-state index is -0.479. The quantitative estimate of drug-likeness (QED) is 0.247. The van der Waals surface area contributed by atoms with E-state index in [0.717, 1.165) is 23.6 Å². The van der Waals surface area contributed by atoms with Gasteiger partial charge in [-0.05, 0) is 24.1 Å². The number of nitrogens with zero attached hydrogens (tertiary/aromatic N) is 2. The van der Waals surface area contributed by atoms with Gasteiger partial charge in [-0.25, -0.2) is 14.8 Å². The Balaban J connectivity index is 1.79. The second-order valence-corrected chi connectivity index (χ2v) is 6.02. The summed E-state index contributed by atoms with van der Waals surface area (Å²) in [6.07, 6.45) is 11.9. The van der Waals surface area contributed by atoms with E-state index in [-0.39, 0.29) is 0 Å². The molecule has 0 fully saturated rings. The van der Waals surface area contributed by atoms with Gasteiger partial charge in [0.15, 0.2) is 0 Å². The molecule has 0 aliphatic heterocycles. The van der Waals surface area contributed by atoms with Crippen LogP contribution in [0.3, 0.4) is 0 Å². The number of ether oxygens (including phenoxy) is 2. The molecule has 1 aromatic carbocycles. The summed E-state index contributed by atoms with van der Waals surface area (Å²) in [5.41, 5.74) is 1.81. The van der Waals surface area contributed by atoms with Crippen LogP contribution in [0.25, 0.3) is 11.1 Å². The first-order valence-electron chi connectivity index (χ1n) is 9.12. The highest BCUT2D eigenvalue weighted by Crippen LogP contribution is 2.22. The van der Waals surface area contributed by atoms with Gasteiger partial charge >= 0.3 is 12.0 Å². The van der Waals surface area contributed by atoms with Crippen LogP contribution in [0.15, 0.2) is 49.3 Å². The SMILES string of the molecule is C=CC(=O)Oc1ccc(-c2cnc(OCCCCCCCC)nc2)cc1. The van der Waals surface area contributed by atoms with Gasteiger partial charge in [0, 0.05) is 24.0 Å². The van der Waals surface area contributed by atoms with Crippen molar-refractivity contribution in [3.63, 3.8) is 0 Å². The molecule has 0 radical (unpaired) electrons. The van der Waals surface area contributed by atoms with Crippen molar-refractivity contribution in [2.75, 3.05) is 6.61 Å². The molecule has 1 aromatic heterocycles. The number of rotatable bonds is 11. The standard InChI is InChI=1S/C21H26N2O3/c1-3-5-6-7-8-9-14-25-21-22-15-18(16-23-21)17-10-12-19(13-11-17)26-20(24)4-2/h4,10-13,15-16H,2-3,5-9,14H2,1H3. The van der Waals surface area contributed by atoms with Gasteiger partial charge < -0.3 is 9.47 Å². The number of carbonyl (C=O) groups excluding carboxylic acids is 1. The molecule has 0 spiro atoms. The molecule has 0 unspecified atom stereocenters. The lowest BCUT2D eigenvalue weighted by molar-refractivity contribution is -0.128. The Kier molecular flexibility index (Phi) is 8.33. The Morgan fingerprint density at radius 2 is 1.65 bits per heavy atom. The molecule has 2 rings (SSSR count). The molecule has 1 heterocycles. The van der Waals surface area contributed by atoms with Crippen LogP contribution in [0.1, 0.15) is 45.4 Å². The Bertz CT molecular complexity index is 681. The summed E-state index contributed by atoms with van der Waals surface area (Å²) < 4.78 is 10.6. The van der Waals surface area contributed by atoms with Crippen LogP contribution in [0.5, 0.6) is 11.8 Å². The monoisotopic (exact) mass is 354 g/mol. The predicted octanol–water partition coefficient (Wildman–Crippen LogP) is 4.97. The number of carbonyl (C=O) groups is 1. The lowest BCUT2D eigenvalue weighted by atomic mass is 10.1. The third-order valence-corrected chi connectivity index (χ3v) is 3.93. The number of benzene rings is 1. The summed E-state index contributed by atoms with van der Waals surface area (Å²) in [6, 6.07) is 7.54. The van der Waals surface area contributed by atoms with Crippen LogP contribution in [0.2, 0.25) is 0 Å². The summed E-state index contributed by atoms with van der Waals surface area (Å²) in [5.74, 6) is -0.00796. The molecule has 0 aliphatic carbocycles. The Morgan fingerprint density at radius 1 is 1.00 bits per heavy atom. The highest BCUT2D eigenvalue weighted by Gasteiger charge is 2.04. The first-order chi connectivity index (χ1) is 12.7. The average Bonchev–Trinajstić information content (AvgIpc) is 2.68. The predicted molar refractivity (Wildman–Crippen MR) is 102 cm³/mol. The fraction of sp³-hybridized carbons (Fsp3) is 0.381. The van der Waals surface area contributed by atoms with E-state index in [1.54, 1.807) is 24.5 Å². The molecule has 0 amide bonds. The zero-order valence-electron chi connectivity index (χ0n) is 15.3. The highest BCUT2D eigenvalue weighted by atomic mass is 16.5. The maximum Gasteiger partial charge on any atom is 0.335 e. The minimum absolute atomic E-state index is 0.402. The summed E-state index contributed by atoms with van der Waals surface area (Å²) >= 11 is 0. The molecule has 0 saturated carbocycles. The van der Waals surface area contributed by atoms with E-state index in [1.165, 1.54) is 32.1 Å². The van der Waals surface area contributed by atoms with Crippen LogP contribution in [0.4, 0.5) is 0 Å². The van der Waals surface area contributed by atoms with Crippen LogP contribution in [0, 0.1) is 0 Å². The molecular formula is C21H26N2O3. The van der Waals surface area contributed by atoms with Crippen molar-refractivity contribution in [1.82, 2.24) is 9.97 Å². The van der Waals surface area contributed by atoms with Gasteiger partial charge in [-0.2, -0.15) is 0 Å². The van der Waals surface area contributed by atoms with Crippen molar-refractivity contribution >= 4 is 5.97 Å². The van der Waals surface area contributed by atoms with Crippen molar-refractivity contribution in [3.8, 4) is 22.9 Å². The molecule has 26 heavy (non-hydrogen) atoms. The van der Waals surface area contributed by atoms with E-state index < -0.39 is 5.97 Å². The zero-order chi connectivity index (χ0) is 18.6. The number of hydrogen-bond acceptors (Lipinski definition) is 5. The molecule has 0 atom stereocenters. The summed E-state index contributed by atoms with van der Waals surface area (Å²) in [5, 5.41) is 0. The largest absolute Gasteiger partial charge is 0.463 e. The topological polar surface area (TPSA) is 61.3 Å². The number of aromatic nitrogens is 2. The van der Waals surface area contributed by atoms with Crippen molar-refractivity contribution < 1.29 is 14.3 Å². The molecule has 0 saturated heterocycles. The van der Waals surface area contributed by atoms with E-state index in [0.29, 0.717) is 18.4 Å². The van der Waals surface area contributed by atoms with Gasteiger partial charge in [0.1, 0.15) is 5.75 Å². The molecule has 138 valence electrons. The van der Waals surface area contributed by atoms with Gasteiger partial charge in [-0.1, -0.05) is 57.7 Å². The third-order valence-electron chi connectivity index (χ3n) is 3.93. The molecular weight excluding hydrogens is 328 g/mol. The number of esters is 1. The average molecular weight is 354 g/mol. The van der Waals surface area contributed by atoms with E-state index in [1.807, 2.05) is 12.1 Å². The van der Waals surface area contributed by atoms with Gasteiger partial charge in [-0.3, -0.25) is 0 Å². The Morgan fingerprint density at radius 3 is 2.31 bits per heavy atom. The van der Waals surface area contributed by atoms with Crippen molar-refractivity contribution in [2.24, 2.45) is 0 Å². The lowest BCUT2D eigenvalue weighted by Crippen LogP contribution is -2.02. The summed E-state index contributed by atoms with van der Waals surface area (Å²) in [6.45, 7) is 6.24. The maximum atomic E-state index is 11.2. The van der Waals surface area contributed by atoms with E-state index in [2.05, 4.69) is 23.5 Å². The first kappa shape index (κ1) is 19.6. The van der Waals surface area contributed by atoms with E-state index >= 15 is 0 Å². The van der Waals surface area contributed by atoms with Crippen LogP contribution >= 0.6 is 0 Å². The van der Waals surface area contributed by atoms with Crippen molar-refractivity contribution in [1.29, 1.82) is 0 Å². The van der Waals surface area contributed by atoms with Crippen molar-refractivity contribution in [2.45, 2.75) is 45.4 Å². The maximum absolute atomic E-state index is 11.2. The van der Waals surface area contributed by atoms with Crippen LogP contribution < -0.4 is 9.47 Å².